The van der Waals surface area contributed by atoms with E-state index in [0.29, 0.717) is 0 Å². The molecule has 2 aromatic rings. The Morgan fingerprint density at radius 3 is 1.77 bits per heavy atom. The van der Waals surface area contributed by atoms with E-state index in [1.165, 1.54) is 11.1 Å². The molecule has 0 radical (unpaired) electrons. The molecule has 26 heavy (non-hydrogen) atoms. The average Bonchev–Trinajstić information content (AvgIpc) is 3.14. The minimum absolute atomic E-state index is 0.805. The summed E-state index contributed by atoms with van der Waals surface area (Å²) in [5.74, 6) is 0.805. The van der Waals surface area contributed by atoms with Crippen LogP contribution in [0.25, 0.3) is 16.9 Å². The highest BCUT2D eigenvalue weighted by molar-refractivity contribution is 5.68. The maximum atomic E-state index is 5.22. The molecule has 2 nitrogen and oxygen atoms in total. The van der Waals surface area contributed by atoms with Crippen LogP contribution in [-0.2, 0) is 0 Å². The van der Waals surface area contributed by atoms with Gasteiger partial charge in [-0.2, -0.15) is 0 Å². The van der Waals surface area contributed by atoms with Crippen LogP contribution in [-0.4, -0.2) is 5.16 Å². The van der Waals surface area contributed by atoms with Crippen molar-refractivity contribution < 1.29 is 4.52 Å². The lowest BCUT2D eigenvalue weighted by molar-refractivity contribution is 0.427. The molecular weight excluding hydrogens is 318 g/mol. The van der Waals surface area contributed by atoms with Crippen molar-refractivity contribution in [2.75, 3.05) is 0 Å². The van der Waals surface area contributed by atoms with Crippen molar-refractivity contribution in [3.63, 3.8) is 0 Å². The predicted octanol–water partition coefficient (Wildman–Crippen LogP) is 8.51. The second-order valence-electron chi connectivity index (χ2n) is 4.40. The maximum absolute atomic E-state index is 5.22. The van der Waals surface area contributed by atoms with Crippen molar-refractivity contribution in [1.82, 2.24) is 5.16 Å². The van der Waals surface area contributed by atoms with E-state index < -0.39 is 0 Å². The molecule has 1 aromatic carbocycles. The highest BCUT2D eigenvalue weighted by Crippen LogP contribution is 2.22. The molecule has 1 aromatic heterocycles. The van der Waals surface area contributed by atoms with Crippen LogP contribution in [0.2, 0.25) is 0 Å². The van der Waals surface area contributed by atoms with Crippen LogP contribution in [0.15, 0.2) is 66.2 Å². The minimum Gasteiger partial charge on any atom is -0.356 e. The monoisotopic (exact) mass is 357 g/mol. The van der Waals surface area contributed by atoms with Crippen LogP contribution in [0.1, 0.15) is 66.6 Å². The van der Waals surface area contributed by atoms with Gasteiger partial charge in [0.1, 0.15) is 0 Å². The molecule has 2 heteroatoms. The molecular formula is C24H39NO. The minimum atomic E-state index is 0.805. The zero-order chi connectivity index (χ0) is 21.0. The average molecular weight is 358 g/mol. The number of nitrogens with zero attached hydrogens (tertiary/aromatic N) is 1. The van der Waals surface area contributed by atoms with Crippen LogP contribution in [0.3, 0.4) is 0 Å². The van der Waals surface area contributed by atoms with Gasteiger partial charge < -0.3 is 4.52 Å². The first-order valence-electron chi connectivity index (χ1n) is 9.52. The van der Waals surface area contributed by atoms with Gasteiger partial charge in [-0.3, -0.25) is 0 Å². The normalized spacial score (nSPS) is 8.73. The van der Waals surface area contributed by atoms with Crippen LogP contribution in [0, 0.1) is 6.92 Å². The molecule has 2 rings (SSSR count). The van der Waals surface area contributed by atoms with Gasteiger partial charge in [-0.25, -0.2) is 0 Å². The maximum Gasteiger partial charge on any atom is 0.167 e. The zero-order valence-corrected chi connectivity index (χ0v) is 18.4. The van der Waals surface area contributed by atoms with E-state index in [1.54, 1.807) is 12.2 Å². The van der Waals surface area contributed by atoms with E-state index in [-0.39, 0.29) is 0 Å². The number of rotatable bonds is 3. The quantitative estimate of drug-likeness (QED) is 0.406. The van der Waals surface area contributed by atoms with Gasteiger partial charge in [-0.1, -0.05) is 95.8 Å². The lowest BCUT2D eigenvalue weighted by Crippen LogP contribution is -1.80. The van der Waals surface area contributed by atoms with Crippen LogP contribution in [0.5, 0.6) is 0 Å². The Morgan fingerprint density at radius 1 is 0.962 bits per heavy atom. The van der Waals surface area contributed by atoms with Gasteiger partial charge in [0.15, 0.2) is 5.76 Å². The number of allylic oxidation sites excluding steroid dienone is 4. The molecule has 0 N–H and O–H groups in total. The Labute approximate surface area is 162 Å². The Bertz CT molecular complexity index is 589. The van der Waals surface area contributed by atoms with Gasteiger partial charge >= 0.3 is 0 Å². The molecule has 0 fully saturated rings. The zero-order valence-electron chi connectivity index (χ0n) is 18.4. The standard InChI is InChI=1S/C15H15NO.C3H6.3C2H6/c1-4-5-11(2)13-6-8-14(9-7-13)15-10-12(3)16-17-15;1-3-2;3*1-2/h4-10H,1H2,2-3H3;3H,1H2,2H3;3*1-2H3/b11-5+;;;;. The van der Waals surface area contributed by atoms with Gasteiger partial charge in [0.05, 0.1) is 5.69 Å². The number of aryl methyl sites for hydroxylation is 1. The molecule has 0 bridgehead atoms. The van der Waals surface area contributed by atoms with Crippen LogP contribution < -0.4 is 0 Å². The second kappa shape index (κ2) is 20.7. The highest BCUT2D eigenvalue weighted by Gasteiger charge is 2.04. The predicted molar refractivity (Wildman–Crippen MR) is 120 cm³/mol. The van der Waals surface area contributed by atoms with E-state index in [4.69, 9.17) is 4.52 Å². The van der Waals surface area contributed by atoms with Crippen molar-refractivity contribution in [2.24, 2.45) is 0 Å². The molecule has 0 amide bonds. The van der Waals surface area contributed by atoms with Gasteiger partial charge in [-0.15, -0.1) is 6.58 Å². The smallest absolute Gasteiger partial charge is 0.167 e. The summed E-state index contributed by atoms with van der Waals surface area (Å²) in [6.45, 7) is 24.9. The Hall–Kier alpha value is -2.35. The van der Waals surface area contributed by atoms with Crippen molar-refractivity contribution >= 4 is 5.57 Å². The Kier molecular flexibility index (Phi) is 22.6. The van der Waals surface area contributed by atoms with E-state index in [9.17, 15) is 0 Å². The molecule has 0 aliphatic heterocycles. The van der Waals surface area contributed by atoms with Crippen LogP contribution in [0.4, 0.5) is 0 Å². The molecule has 0 spiro atoms. The summed E-state index contributed by atoms with van der Waals surface area (Å²) < 4.78 is 5.22. The lowest BCUT2D eigenvalue weighted by Gasteiger charge is -2.01. The van der Waals surface area contributed by atoms with E-state index >= 15 is 0 Å². The Balaban J connectivity index is -0.000000509. The second-order valence-corrected chi connectivity index (χ2v) is 4.40. The summed E-state index contributed by atoms with van der Waals surface area (Å²) in [7, 11) is 0. The molecule has 0 saturated carbocycles. The topological polar surface area (TPSA) is 26.0 Å². The molecule has 0 aliphatic carbocycles. The third kappa shape index (κ3) is 12.1. The van der Waals surface area contributed by atoms with E-state index in [1.807, 2.05) is 79.7 Å². The molecule has 0 saturated heterocycles. The van der Waals surface area contributed by atoms with Crippen LogP contribution >= 0.6 is 0 Å². The summed E-state index contributed by atoms with van der Waals surface area (Å²) in [6.07, 6.45) is 5.54. The Morgan fingerprint density at radius 2 is 1.42 bits per heavy atom. The number of benzene rings is 1. The van der Waals surface area contributed by atoms with Gasteiger partial charge in [0.25, 0.3) is 0 Å². The first-order chi connectivity index (χ1) is 12.6. The van der Waals surface area contributed by atoms with Crippen molar-refractivity contribution in [3.8, 4) is 11.3 Å². The summed E-state index contributed by atoms with van der Waals surface area (Å²) in [4.78, 5) is 0. The van der Waals surface area contributed by atoms with E-state index in [0.717, 1.165) is 17.0 Å². The number of hydrogen-bond donors (Lipinski definition) is 0. The van der Waals surface area contributed by atoms with Gasteiger partial charge in [0, 0.05) is 11.6 Å². The van der Waals surface area contributed by atoms with Gasteiger partial charge in [-0.05, 0) is 31.9 Å². The fourth-order valence-electron chi connectivity index (χ4n) is 1.67. The van der Waals surface area contributed by atoms with Crippen molar-refractivity contribution in [1.29, 1.82) is 0 Å². The first-order valence-corrected chi connectivity index (χ1v) is 9.52. The SMILES string of the molecule is C=C/C=C(\C)c1ccc(-c2cc(C)no2)cc1.C=CC.CC.CC.CC. The summed E-state index contributed by atoms with van der Waals surface area (Å²) in [5.41, 5.74) is 4.32. The molecule has 0 unspecified atom stereocenters. The molecule has 0 atom stereocenters. The number of aromatic nitrogens is 1. The third-order valence-electron chi connectivity index (χ3n) is 2.62. The van der Waals surface area contributed by atoms with Crippen molar-refractivity contribution in [2.45, 2.75) is 62.3 Å². The summed E-state index contributed by atoms with van der Waals surface area (Å²) in [6, 6.07) is 10.2. The largest absolute Gasteiger partial charge is 0.356 e. The fraction of sp³-hybridized carbons (Fsp3) is 0.375. The summed E-state index contributed by atoms with van der Waals surface area (Å²) in [5, 5.41) is 3.88. The lowest BCUT2D eigenvalue weighted by atomic mass is 10.0. The van der Waals surface area contributed by atoms with Crippen molar-refractivity contribution in [3.05, 3.63) is 73.0 Å². The van der Waals surface area contributed by atoms with Gasteiger partial charge in [0.2, 0.25) is 0 Å². The molecule has 0 aliphatic rings. The highest BCUT2D eigenvalue weighted by atomic mass is 16.5. The van der Waals surface area contributed by atoms with E-state index in [2.05, 4.69) is 37.4 Å². The first kappa shape index (κ1) is 28.5. The summed E-state index contributed by atoms with van der Waals surface area (Å²) >= 11 is 0. The molecule has 1 heterocycles. The fourth-order valence-corrected chi connectivity index (χ4v) is 1.67. The number of hydrogen-bond acceptors (Lipinski definition) is 2. The molecule has 146 valence electrons. The third-order valence-corrected chi connectivity index (χ3v) is 2.62.